The third-order valence-corrected chi connectivity index (χ3v) is 5.98. The van der Waals surface area contributed by atoms with Crippen LogP contribution in [0.1, 0.15) is 18.4 Å². The third kappa shape index (κ3) is 4.61. The second kappa shape index (κ2) is 8.89. The van der Waals surface area contributed by atoms with Gasteiger partial charge in [0.1, 0.15) is 11.6 Å². The Morgan fingerprint density at radius 2 is 1.81 bits per heavy atom. The molecule has 1 N–H and O–H groups in total. The molecule has 1 aliphatic heterocycles. The molecule has 6 nitrogen and oxygen atoms in total. The molecule has 1 aliphatic rings. The van der Waals surface area contributed by atoms with E-state index in [1.165, 1.54) is 35.0 Å². The average Bonchev–Trinajstić information content (AvgIpc) is 2.78. The zero-order valence-electron chi connectivity index (χ0n) is 17.0. The van der Waals surface area contributed by atoms with Crippen LogP contribution in [0.25, 0.3) is 5.69 Å². The number of benzene rings is 2. The SMILES string of the molecule is Cc1c(Cl)cccc1NC(=O)C1CCN(c2ccc(=O)n(-c3ccc(F)cc3)n2)CC1. The maximum absolute atomic E-state index is 13.2. The quantitative estimate of drug-likeness (QED) is 0.660. The lowest BCUT2D eigenvalue weighted by Gasteiger charge is -2.32. The molecule has 0 radical (unpaired) electrons. The van der Waals surface area contributed by atoms with E-state index in [0.717, 1.165) is 11.3 Å². The highest BCUT2D eigenvalue weighted by atomic mass is 35.5. The predicted octanol–water partition coefficient (Wildman–Crippen LogP) is 4.19. The minimum Gasteiger partial charge on any atom is -0.355 e. The summed E-state index contributed by atoms with van der Waals surface area (Å²) in [6.45, 7) is 3.16. The van der Waals surface area contributed by atoms with E-state index < -0.39 is 0 Å². The van der Waals surface area contributed by atoms with Gasteiger partial charge in [0.05, 0.1) is 5.69 Å². The van der Waals surface area contributed by atoms with E-state index in [2.05, 4.69) is 10.4 Å². The van der Waals surface area contributed by atoms with E-state index in [-0.39, 0.29) is 23.2 Å². The van der Waals surface area contributed by atoms with E-state index in [1.54, 1.807) is 12.1 Å². The Labute approximate surface area is 184 Å². The molecule has 8 heteroatoms. The molecule has 2 aromatic carbocycles. The zero-order valence-corrected chi connectivity index (χ0v) is 17.8. The van der Waals surface area contributed by atoms with Crippen LogP contribution in [0.4, 0.5) is 15.9 Å². The second-order valence-corrected chi connectivity index (χ2v) is 7.99. The van der Waals surface area contributed by atoms with Crippen LogP contribution in [0.5, 0.6) is 0 Å². The Morgan fingerprint density at radius 1 is 1.10 bits per heavy atom. The Balaban J connectivity index is 1.43. The monoisotopic (exact) mass is 440 g/mol. The van der Waals surface area contributed by atoms with Crippen LogP contribution in [0.15, 0.2) is 59.4 Å². The first-order valence-electron chi connectivity index (χ1n) is 10.1. The highest BCUT2D eigenvalue weighted by Gasteiger charge is 2.26. The van der Waals surface area contributed by atoms with Crippen LogP contribution in [-0.4, -0.2) is 28.8 Å². The topological polar surface area (TPSA) is 67.2 Å². The van der Waals surface area contributed by atoms with Crippen molar-refractivity contribution < 1.29 is 9.18 Å². The van der Waals surface area contributed by atoms with Crippen LogP contribution in [0.3, 0.4) is 0 Å². The molecule has 0 atom stereocenters. The van der Waals surface area contributed by atoms with Gasteiger partial charge in [0, 0.05) is 35.8 Å². The Bertz CT molecular complexity index is 1150. The number of nitrogens with one attached hydrogen (secondary N) is 1. The van der Waals surface area contributed by atoms with Gasteiger partial charge in [0.25, 0.3) is 5.56 Å². The molecule has 31 heavy (non-hydrogen) atoms. The Hall–Kier alpha value is -3.19. The van der Waals surface area contributed by atoms with Crippen LogP contribution in [-0.2, 0) is 4.79 Å². The molecule has 1 amide bonds. The fourth-order valence-corrected chi connectivity index (χ4v) is 3.86. The summed E-state index contributed by atoms with van der Waals surface area (Å²) in [6, 6.07) is 14.2. The first kappa shape index (κ1) is 21.1. The normalized spacial score (nSPS) is 14.5. The van der Waals surface area contributed by atoms with Crippen molar-refractivity contribution in [1.82, 2.24) is 9.78 Å². The number of halogens is 2. The molecule has 0 unspecified atom stereocenters. The lowest BCUT2D eigenvalue weighted by Crippen LogP contribution is -2.39. The van der Waals surface area contributed by atoms with Gasteiger partial charge in [0.2, 0.25) is 5.91 Å². The van der Waals surface area contributed by atoms with Crippen LogP contribution >= 0.6 is 11.6 Å². The summed E-state index contributed by atoms with van der Waals surface area (Å²) in [6.07, 6.45) is 1.34. The van der Waals surface area contributed by atoms with Gasteiger partial charge in [-0.15, -0.1) is 5.10 Å². The van der Waals surface area contributed by atoms with Crippen LogP contribution in [0.2, 0.25) is 5.02 Å². The Morgan fingerprint density at radius 3 is 2.52 bits per heavy atom. The molecule has 1 saturated heterocycles. The summed E-state index contributed by atoms with van der Waals surface area (Å²) in [5.41, 5.74) is 1.79. The van der Waals surface area contributed by atoms with Crippen molar-refractivity contribution in [3.63, 3.8) is 0 Å². The van der Waals surface area contributed by atoms with Gasteiger partial charge in [0.15, 0.2) is 0 Å². The standard InChI is InChI=1S/C23H22ClFN4O2/c1-15-19(24)3-2-4-20(15)26-23(31)16-11-13-28(14-12-16)21-9-10-22(30)29(27-21)18-7-5-17(25)6-8-18/h2-10,16H,11-14H2,1H3,(H,26,31). The highest BCUT2D eigenvalue weighted by Crippen LogP contribution is 2.26. The number of hydrogen-bond acceptors (Lipinski definition) is 4. The summed E-state index contributed by atoms with van der Waals surface area (Å²) < 4.78 is 14.5. The van der Waals surface area contributed by atoms with E-state index >= 15 is 0 Å². The van der Waals surface area contributed by atoms with Gasteiger partial charge in [-0.2, -0.15) is 4.68 Å². The number of hydrogen-bond donors (Lipinski definition) is 1. The molecule has 0 saturated carbocycles. The number of piperidine rings is 1. The van der Waals surface area contributed by atoms with E-state index in [9.17, 15) is 14.0 Å². The van der Waals surface area contributed by atoms with Crippen molar-refractivity contribution in [2.75, 3.05) is 23.3 Å². The number of aromatic nitrogens is 2. The van der Waals surface area contributed by atoms with E-state index in [4.69, 9.17) is 11.6 Å². The summed E-state index contributed by atoms with van der Waals surface area (Å²) in [4.78, 5) is 27.0. The minimum atomic E-state index is -0.374. The molecule has 1 aromatic heterocycles. The number of carbonyl (C=O) groups excluding carboxylic acids is 1. The maximum Gasteiger partial charge on any atom is 0.271 e. The van der Waals surface area contributed by atoms with E-state index in [1.807, 2.05) is 24.0 Å². The minimum absolute atomic E-state index is 0.0192. The van der Waals surface area contributed by atoms with Gasteiger partial charge in [-0.1, -0.05) is 17.7 Å². The molecular formula is C23H22ClFN4O2. The molecule has 1 fully saturated rings. The summed E-state index contributed by atoms with van der Waals surface area (Å²) in [5, 5.41) is 8.05. The summed E-state index contributed by atoms with van der Waals surface area (Å²) in [5.74, 6) is 0.140. The van der Waals surface area contributed by atoms with E-state index in [0.29, 0.717) is 42.5 Å². The maximum atomic E-state index is 13.2. The van der Waals surface area contributed by atoms with Gasteiger partial charge < -0.3 is 10.2 Å². The summed E-state index contributed by atoms with van der Waals surface area (Å²) in [7, 11) is 0. The fraction of sp³-hybridized carbons (Fsp3) is 0.261. The van der Waals surface area contributed by atoms with Crippen LogP contribution < -0.4 is 15.8 Å². The molecule has 4 rings (SSSR count). The van der Waals surface area contributed by atoms with Crippen molar-refractivity contribution in [3.05, 3.63) is 81.4 Å². The first-order chi connectivity index (χ1) is 14.9. The van der Waals surface area contributed by atoms with Gasteiger partial charge in [-0.05, 0) is 67.8 Å². The number of rotatable bonds is 4. The number of nitrogens with zero attached hydrogens (tertiary/aromatic N) is 3. The first-order valence-corrected chi connectivity index (χ1v) is 10.5. The molecular weight excluding hydrogens is 419 g/mol. The fourth-order valence-electron chi connectivity index (χ4n) is 3.69. The average molecular weight is 441 g/mol. The van der Waals surface area contributed by atoms with Crippen molar-refractivity contribution >= 4 is 29.0 Å². The molecule has 160 valence electrons. The largest absolute Gasteiger partial charge is 0.355 e. The van der Waals surface area contributed by atoms with Crippen molar-refractivity contribution in [1.29, 1.82) is 0 Å². The zero-order chi connectivity index (χ0) is 22.0. The molecule has 0 bridgehead atoms. The number of anilines is 2. The molecule has 0 aliphatic carbocycles. The number of carbonyl (C=O) groups is 1. The molecule has 3 aromatic rings. The van der Waals surface area contributed by atoms with Gasteiger partial charge in [-0.3, -0.25) is 9.59 Å². The lowest BCUT2D eigenvalue weighted by atomic mass is 9.95. The number of amides is 1. The predicted molar refractivity (Wildman–Crippen MR) is 120 cm³/mol. The van der Waals surface area contributed by atoms with Crippen molar-refractivity contribution in [3.8, 4) is 5.69 Å². The molecule has 2 heterocycles. The second-order valence-electron chi connectivity index (χ2n) is 7.58. The van der Waals surface area contributed by atoms with Gasteiger partial charge in [-0.25, -0.2) is 4.39 Å². The lowest BCUT2D eigenvalue weighted by molar-refractivity contribution is -0.120. The third-order valence-electron chi connectivity index (χ3n) is 5.57. The van der Waals surface area contributed by atoms with Crippen molar-refractivity contribution in [2.24, 2.45) is 5.92 Å². The highest BCUT2D eigenvalue weighted by molar-refractivity contribution is 6.31. The smallest absolute Gasteiger partial charge is 0.271 e. The van der Waals surface area contributed by atoms with Crippen LogP contribution in [0, 0.1) is 18.7 Å². The molecule has 0 spiro atoms. The van der Waals surface area contributed by atoms with Gasteiger partial charge >= 0.3 is 0 Å². The summed E-state index contributed by atoms with van der Waals surface area (Å²) >= 11 is 6.14. The Kier molecular flexibility index (Phi) is 6.04. The van der Waals surface area contributed by atoms with Crippen molar-refractivity contribution in [2.45, 2.75) is 19.8 Å².